The van der Waals surface area contributed by atoms with Crippen LogP contribution >= 0.6 is 0 Å². The molecule has 0 bridgehead atoms. The van der Waals surface area contributed by atoms with Gasteiger partial charge >= 0.3 is 6.18 Å². The van der Waals surface area contributed by atoms with Crippen LogP contribution in [-0.2, 0) is 22.8 Å². The maximum absolute atomic E-state index is 12.7. The van der Waals surface area contributed by atoms with Crippen LogP contribution in [0.2, 0.25) is 0 Å². The molecule has 28 heavy (non-hydrogen) atoms. The van der Waals surface area contributed by atoms with Gasteiger partial charge in [0.05, 0.1) is 5.56 Å². The molecule has 1 aliphatic carbocycles. The molecule has 1 heterocycles. The Morgan fingerprint density at radius 3 is 2.36 bits per heavy atom. The third kappa shape index (κ3) is 3.26. The summed E-state index contributed by atoms with van der Waals surface area (Å²) >= 11 is 0. The van der Waals surface area contributed by atoms with Gasteiger partial charge < -0.3 is 10.2 Å². The predicted octanol–water partition coefficient (Wildman–Crippen LogP) is 3.86. The molecule has 0 saturated heterocycles. The fourth-order valence-electron chi connectivity index (χ4n) is 3.13. The molecule has 5 nitrogen and oxygen atoms in total. The van der Waals surface area contributed by atoms with Crippen LogP contribution in [0.15, 0.2) is 52.9 Å². The second-order valence-corrected chi connectivity index (χ2v) is 6.89. The first kappa shape index (κ1) is 18.2. The van der Waals surface area contributed by atoms with Gasteiger partial charge in [-0.25, -0.2) is 0 Å². The number of hydrogen-bond donors (Lipinski definition) is 1. The van der Waals surface area contributed by atoms with Gasteiger partial charge in [0.15, 0.2) is 0 Å². The van der Waals surface area contributed by atoms with Crippen molar-refractivity contribution in [3.8, 4) is 11.5 Å². The van der Waals surface area contributed by atoms with Crippen LogP contribution in [0.3, 0.4) is 0 Å². The number of amides is 1. The molecule has 1 fully saturated rings. The fraction of sp³-hybridized carbons (Fsp3) is 0.250. The second-order valence-electron chi connectivity index (χ2n) is 6.89. The lowest BCUT2D eigenvalue weighted by molar-refractivity contribution is -0.137. The third-order valence-electron chi connectivity index (χ3n) is 4.98. The molecule has 8 heteroatoms. The summed E-state index contributed by atoms with van der Waals surface area (Å²) in [7, 11) is 0. The average molecular weight is 387 g/mol. The Hall–Kier alpha value is -3.16. The van der Waals surface area contributed by atoms with Gasteiger partial charge in [0, 0.05) is 5.56 Å². The molecular formula is C20H16F3N3O2. The summed E-state index contributed by atoms with van der Waals surface area (Å²) in [6.45, 7) is 0. The van der Waals surface area contributed by atoms with Gasteiger partial charge in [0.2, 0.25) is 17.7 Å². The Balaban J connectivity index is 1.62. The van der Waals surface area contributed by atoms with E-state index >= 15 is 0 Å². The molecule has 0 unspecified atom stereocenters. The van der Waals surface area contributed by atoms with Gasteiger partial charge in [-0.05, 0) is 48.6 Å². The molecule has 2 N–H and O–H groups in total. The zero-order valence-corrected chi connectivity index (χ0v) is 14.7. The standard InChI is InChI=1S/C20H16F3N3O2/c21-20(22,23)14-7-5-12(6-8-14)11-13-3-1-2-4-15(13)16-25-26-18(28-16)19(9-10-19)17(24)27/h1-8H,9-11H2,(H2,24,27). The summed E-state index contributed by atoms with van der Waals surface area (Å²) < 4.78 is 43.9. The number of aromatic nitrogens is 2. The first-order chi connectivity index (χ1) is 13.3. The van der Waals surface area contributed by atoms with Gasteiger partial charge in [-0.15, -0.1) is 10.2 Å². The maximum atomic E-state index is 12.7. The number of nitrogens with two attached hydrogens (primary N) is 1. The van der Waals surface area contributed by atoms with Crippen LogP contribution in [0, 0.1) is 0 Å². The number of carbonyl (C=O) groups is 1. The predicted molar refractivity (Wildman–Crippen MR) is 94.1 cm³/mol. The lowest BCUT2D eigenvalue weighted by Crippen LogP contribution is -2.28. The van der Waals surface area contributed by atoms with Crippen molar-refractivity contribution >= 4 is 5.91 Å². The maximum Gasteiger partial charge on any atom is 0.416 e. The molecule has 0 aliphatic heterocycles. The number of primary amides is 1. The zero-order chi connectivity index (χ0) is 19.9. The molecule has 2 aromatic carbocycles. The fourth-order valence-corrected chi connectivity index (χ4v) is 3.13. The average Bonchev–Trinajstić information content (AvgIpc) is 3.33. The van der Waals surface area contributed by atoms with E-state index in [1.54, 1.807) is 12.1 Å². The molecule has 1 aliphatic rings. The highest BCUT2D eigenvalue weighted by atomic mass is 19.4. The number of carbonyl (C=O) groups excluding carboxylic acids is 1. The summed E-state index contributed by atoms with van der Waals surface area (Å²) in [6.07, 6.45) is -2.81. The van der Waals surface area contributed by atoms with Crippen LogP contribution in [0.1, 0.15) is 35.4 Å². The lowest BCUT2D eigenvalue weighted by atomic mass is 9.99. The molecule has 0 radical (unpaired) electrons. The number of rotatable bonds is 5. The molecule has 0 atom stereocenters. The van der Waals surface area contributed by atoms with E-state index in [0.717, 1.165) is 23.3 Å². The van der Waals surface area contributed by atoms with Crippen molar-refractivity contribution in [3.05, 3.63) is 71.1 Å². The van der Waals surface area contributed by atoms with Crippen LogP contribution in [0.5, 0.6) is 0 Å². The molecular weight excluding hydrogens is 371 g/mol. The van der Waals surface area contributed by atoms with Gasteiger partial charge in [-0.2, -0.15) is 13.2 Å². The Kier molecular flexibility index (Phi) is 4.21. The molecule has 1 aromatic heterocycles. The molecule has 4 rings (SSSR count). The van der Waals surface area contributed by atoms with E-state index in [1.165, 1.54) is 12.1 Å². The first-order valence-corrected chi connectivity index (χ1v) is 8.68. The largest absolute Gasteiger partial charge is 0.420 e. The van der Waals surface area contributed by atoms with Gasteiger partial charge in [-0.1, -0.05) is 30.3 Å². The van der Waals surface area contributed by atoms with Crippen molar-refractivity contribution in [1.82, 2.24) is 10.2 Å². The van der Waals surface area contributed by atoms with Crippen molar-refractivity contribution in [2.24, 2.45) is 5.73 Å². The van der Waals surface area contributed by atoms with E-state index in [4.69, 9.17) is 10.2 Å². The van der Waals surface area contributed by atoms with Crippen molar-refractivity contribution < 1.29 is 22.4 Å². The normalized spacial score (nSPS) is 15.4. The highest BCUT2D eigenvalue weighted by Crippen LogP contribution is 2.47. The number of alkyl halides is 3. The van der Waals surface area contributed by atoms with Gasteiger partial charge in [0.1, 0.15) is 5.41 Å². The third-order valence-corrected chi connectivity index (χ3v) is 4.98. The van der Waals surface area contributed by atoms with Crippen molar-refractivity contribution in [2.45, 2.75) is 30.9 Å². The quantitative estimate of drug-likeness (QED) is 0.721. The number of halogens is 3. The van der Waals surface area contributed by atoms with E-state index in [-0.39, 0.29) is 11.8 Å². The van der Waals surface area contributed by atoms with Crippen LogP contribution in [0.25, 0.3) is 11.5 Å². The van der Waals surface area contributed by atoms with E-state index in [0.29, 0.717) is 24.8 Å². The Labute approximate surface area is 158 Å². The van der Waals surface area contributed by atoms with Crippen molar-refractivity contribution in [3.63, 3.8) is 0 Å². The summed E-state index contributed by atoms with van der Waals surface area (Å²) in [5.74, 6) is -0.0230. The summed E-state index contributed by atoms with van der Waals surface area (Å²) in [4.78, 5) is 11.7. The molecule has 1 amide bonds. The van der Waals surface area contributed by atoms with Crippen LogP contribution in [-0.4, -0.2) is 16.1 Å². The van der Waals surface area contributed by atoms with E-state index in [9.17, 15) is 18.0 Å². The topological polar surface area (TPSA) is 82.0 Å². The number of hydrogen-bond acceptors (Lipinski definition) is 4. The van der Waals surface area contributed by atoms with Crippen LogP contribution < -0.4 is 5.73 Å². The minimum absolute atomic E-state index is 0.208. The van der Waals surface area contributed by atoms with Crippen molar-refractivity contribution in [2.75, 3.05) is 0 Å². The highest BCUT2D eigenvalue weighted by molar-refractivity contribution is 5.88. The first-order valence-electron chi connectivity index (χ1n) is 8.68. The molecule has 144 valence electrons. The highest BCUT2D eigenvalue weighted by Gasteiger charge is 2.55. The number of nitrogens with zero attached hydrogens (tertiary/aromatic N) is 2. The molecule has 1 saturated carbocycles. The second kappa shape index (κ2) is 6.47. The molecule has 0 spiro atoms. The minimum Gasteiger partial charge on any atom is -0.420 e. The van der Waals surface area contributed by atoms with Gasteiger partial charge in [-0.3, -0.25) is 4.79 Å². The Morgan fingerprint density at radius 2 is 1.75 bits per heavy atom. The Morgan fingerprint density at radius 1 is 1.07 bits per heavy atom. The minimum atomic E-state index is -4.37. The smallest absolute Gasteiger partial charge is 0.416 e. The van der Waals surface area contributed by atoms with E-state index in [1.807, 2.05) is 12.1 Å². The lowest BCUT2D eigenvalue weighted by Gasteiger charge is -2.09. The summed E-state index contributed by atoms with van der Waals surface area (Å²) in [5.41, 5.74) is 6.09. The summed E-state index contributed by atoms with van der Waals surface area (Å²) in [5, 5.41) is 8.04. The zero-order valence-electron chi connectivity index (χ0n) is 14.7. The van der Waals surface area contributed by atoms with Crippen molar-refractivity contribution in [1.29, 1.82) is 0 Å². The summed E-state index contributed by atoms with van der Waals surface area (Å²) in [6, 6.07) is 12.3. The van der Waals surface area contributed by atoms with Crippen LogP contribution in [0.4, 0.5) is 13.2 Å². The monoisotopic (exact) mass is 387 g/mol. The van der Waals surface area contributed by atoms with E-state index < -0.39 is 23.1 Å². The SMILES string of the molecule is NC(=O)C1(c2nnc(-c3ccccc3Cc3ccc(C(F)(F)F)cc3)o2)CC1. The Bertz CT molecular complexity index is 1020. The molecule has 3 aromatic rings. The number of benzene rings is 2. The van der Waals surface area contributed by atoms with Gasteiger partial charge in [0.25, 0.3) is 0 Å². The van der Waals surface area contributed by atoms with E-state index in [2.05, 4.69) is 10.2 Å².